The Morgan fingerprint density at radius 3 is 1.62 bits per heavy atom. The van der Waals surface area contributed by atoms with Crippen LogP contribution in [0, 0.1) is 0 Å². The van der Waals surface area contributed by atoms with Gasteiger partial charge in [0, 0.05) is 37.2 Å². The van der Waals surface area contributed by atoms with Crippen LogP contribution >= 0.6 is 11.3 Å². The largest absolute Gasteiger partial charge is 0.310 e. The predicted octanol–water partition coefficient (Wildman–Crippen LogP) is 17.1. The van der Waals surface area contributed by atoms with E-state index in [1.54, 1.807) is 0 Å². The summed E-state index contributed by atoms with van der Waals surface area (Å²) < 4.78 is 2.65. The van der Waals surface area contributed by atoms with Gasteiger partial charge >= 0.3 is 0 Å². The van der Waals surface area contributed by atoms with Gasteiger partial charge in [-0.2, -0.15) is 0 Å². The second-order valence-corrected chi connectivity index (χ2v) is 16.8. The third kappa shape index (κ3) is 5.84. The zero-order valence-electron chi connectivity index (χ0n) is 32.7. The molecule has 2 heteroatoms. The molecule has 0 radical (unpaired) electrons. The summed E-state index contributed by atoms with van der Waals surface area (Å²) in [7, 11) is 0. The smallest absolute Gasteiger partial charge is 0.0467 e. The topological polar surface area (TPSA) is 3.24 Å². The fraction of sp³-hybridized carbons (Fsp3) is 0. The third-order valence-corrected chi connectivity index (χ3v) is 13.3. The number of benzene rings is 11. The SMILES string of the molecule is c1cc(-c2cccc3ccccc23)cc(N(c2ccc(-c3ccc4sc5cc6ccccc6cc5c4c3)cc2)c2ccc(-c3cc4ccccc4c4ccccc34)cc2)c1. The molecular formula is C58H37NS. The second-order valence-electron chi connectivity index (χ2n) is 15.7. The van der Waals surface area contributed by atoms with E-state index in [2.05, 4.69) is 229 Å². The van der Waals surface area contributed by atoms with Crippen LogP contribution in [0.2, 0.25) is 0 Å². The van der Waals surface area contributed by atoms with E-state index in [1.165, 1.54) is 96.6 Å². The first kappa shape index (κ1) is 34.5. The van der Waals surface area contributed by atoms with Crippen LogP contribution in [0.1, 0.15) is 0 Å². The lowest BCUT2D eigenvalue weighted by Gasteiger charge is -2.26. The summed E-state index contributed by atoms with van der Waals surface area (Å²) >= 11 is 1.88. The van der Waals surface area contributed by atoms with Crippen LogP contribution in [0.5, 0.6) is 0 Å². The van der Waals surface area contributed by atoms with Crippen molar-refractivity contribution in [2.24, 2.45) is 0 Å². The molecule has 1 nitrogen and oxygen atoms in total. The summed E-state index contributed by atoms with van der Waals surface area (Å²) in [6, 6.07) is 82.5. The van der Waals surface area contributed by atoms with E-state index in [0.717, 1.165) is 17.1 Å². The van der Waals surface area contributed by atoms with Crippen LogP contribution in [0.15, 0.2) is 224 Å². The molecule has 0 aliphatic carbocycles. The van der Waals surface area contributed by atoms with Crippen molar-refractivity contribution in [3.63, 3.8) is 0 Å². The normalized spacial score (nSPS) is 11.7. The maximum absolute atomic E-state index is 2.39. The molecule has 12 rings (SSSR count). The third-order valence-electron chi connectivity index (χ3n) is 12.2. The van der Waals surface area contributed by atoms with Crippen molar-refractivity contribution in [3.8, 4) is 33.4 Å². The van der Waals surface area contributed by atoms with Crippen LogP contribution in [-0.2, 0) is 0 Å². The molecule has 0 unspecified atom stereocenters. The Morgan fingerprint density at radius 1 is 0.250 bits per heavy atom. The van der Waals surface area contributed by atoms with Gasteiger partial charge in [0.2, 0.25) is 0 Å². The van der Waals surface area contributed by atoms with Crippen LogP contribution in [0.4, 0.5) is 17.1 Å². The summed E-state index contributed by atoms with van der Waals surface area (Å²) in [6.45, 7) is 0. The Kier molecular flexibility index (Phi) is 8.11. The van der Waals surface area contributed by atoms with E-state index in [4.69, 9.17) is 0 Å². The summed E-state index contributed by atoms with van der Waals surface area (Å²) in [6.07, 6.45) is 0. The Hall–Kier alpha value is -7.52. The lowest BCUT2D eigenvalue weighted by Crippen LogP contribution is -2.10. The van der Waals surface area contributed by atoms with Gasteiger partial charge in [-0.25, -0.2) is 0 Å². The quantitative estimate of drug-likeness (QED) is 0.152. The van der Waals surface area contributed by atoms with E-state index in [0.29, 0.717) is 0 Å². The van der Waals surface area contributed by atoms with Gasteiger partial charge in [-0.05, 0) is 143 Å². The minimum Gasteiger partial charge on any atom is -0.310 e. The van der Waals surface area contributed by atoms with Crippen molar-refractivity contribution in [2.75, 3.05) is 4.90 Å². The molecule has 0 atom stereocenters. The molecule has 280 valence electrons. The predicted molar refractivity (Wildman–Crippen MR) is 260 cm³/mol. The average molecular weight is 780 g/mol. The molecule has 0 fully saturated rings. The van der Waals surface area contributed by atoms with Gasteiger partial charge in [0.25, 0.3) is 0 Å². The van der Waals surface area contributed by atoms with Gasteiger partial charge in [0.1, 0.15) is 0 Å². The summed E-state index contributed by atoms with van der Waals surface area (Å²) in [4.78, 5) is 2.39. The molecule has 0 saturated carbocycles. The number of hydrogen-bond acceptors (Lipinski definition) is 2. The highest BCUT2D eigenvalue weighted by Gasteiger charge is 2.17. The fourth-order valence-corrected chi connectivity index (χ4v) is 10.4. The van der Waals surface area contributed by atoms with Crippen molar-refractivity contribution in [3.05, 3.63) is 224 Å². The van der Waals surface area contributed by atoms with Gasteiger partial charge < -0.3 is 4.90 Å². The molecule has 0 spiro atoms. The molecule has 0 aliphatic rings. The highest BCUT2D eigenvalue weighted by Crippen LogP contribution is 2.42. The van der Waals surface area contributed by atoms with Crippen LogP contribution in [0.3, 0.4) is 0 Å². The molecule has 1 heterocycles. The zero-order valence-corrected chi connectivity index (χ0v) is 33.5. The van der Waals surface area contributed by atoms with Crippen molar-refractivity contribution >= 4 is 91.7 Å². The minimum atomic E-state index is 1.10. The van der Waals surface area contributed by atoms with Gasteiger partial charge in [-0.1, -0.05) is 158 Å². The molecule has 1 aromatic heterocycles. The minimum absolute atomic E-state index is 1.10. The van der Waals surface area contributed by atoms with Crippen molar-refractivity contribution < 1.29 is 0 Å². The van der Waals surface area contributed by atoms with Crippen molar-refractivity contribution in [1.82, 2.24) is 0 Å². The molecule has 0 saturated heterocycles. The first-order chi connectivity index (χ1) is 29.7. The Morgan fingerprint density at radius 2 is 0.833 bits per heavy atom. The zero-order chi connectivity index (χ0) is 39.6. The molecule has 0 aliphatic heterocycles. The summed E-state index contributed by atoms with van der Waals surface area (Å²) in [5, 5.41) is 12.8. The highest BCUT2D eigenvalue weighted by molar-refractivity contribution is 7.25. The lowest BCUT2D eigenvalue weighted by molar-refractivity contribution is 1.28. The number of thiophene rings is 1. The second kappa shape index (κ2) is 14.1. The van der Waals surface area contributed by atoms with E-state index >= 15 is 0 Å². The van der Waals surface area contributed by atoms with E-state index in [9.17, 15) is 0 Å². The molecule has 0 bridgehead atoms. The van der Waals surface area contributed by atoms with Crippen LogP contribution in [-0.4, -0.2) is 0 Å². The fourth-order valence-electron chi connectivity index (χ4n) is 9.26. The van der Waals surface area contributed by atoms with Gasteiger partial charge in [0.15, 0.2) is 0 Å². The average Bonchev–Trinajstić information content (AvgIpc) is 3.67. The maximum Gasteiger partial charge on any atom is 0.0467 e. The van der Waals surface area contributed by atoms with E-state index in [1.807, 2.05) is 11.3 Å². The highest BCUT2D eigenvalue weighted by atomic mass is 32.1. The number of fused-ring (bicyclic) bond motifs is 8. The molecule has 0 N–H and O–H groups in total. The van der Waals surface area contributed by atoms with Crippen molar-refractivity contribution in [1.29, 1.82) is 0 Å². The van der Waals surface area contributed by atoms with Crippen molar-refractivity contribution in [2.45, 2.75) is 0 Å². The van der Waals surface area contributed by atoms with E-state index < -0.39 is 0 Å². The van der Waals surface area contributed by atoms with Crippen LogP contribution < -0.4 is 4.90 Å². The number of rotatable bonds is 6. The van der Waals surface area contributed by atoms with Gasteiger partial charge in [-0.15, -0.1) is 11.3 Å². The Bertz CT molecular complexity index is 3590. The summed E-state index contributed by atoms with van der Waals surface area (Å²) in [5.41, 5.74) is 10.6. The number of hydrogen-bond donors (Lipinski definition) is 0. The molecular weight excluding hydrogens is 743 g/mol. The van der Waals surface area contributed by atoms with Crippen LogP contribution in [0.25, 0.3) is 96.6 Å². The standard InChI is InChI=1S/C58H37NS/c1-2-13-42-37-58-56(34-41(42)12-1)55-35-43(27-32-57(55)60-58)38-23-28-46(29-24-38)59(48-17-9-16-44(33-48)50-22-10-15-39-11-3-5-18-49(39)50)47-30-25-40(26-31-47)54-36-45-14-4-6-19-51(45)52-20-7-8-21-53(52)54/h1-37H. The first-order valence-corrected chi connectivity index (χ1v) is 21.4. The monoisotopic (exact) mass is 779 g/mol. The van der Waals surface area contributed by atoms with Gasteiger partial charge in [-0.3, -0.25) is 0 Å². The first-order valence-electron chi connectivity index (χ1n) is 20.6. The maximum atomic E-state index is 2.39. The molecule has 0 amide bonds. The number of nitrogens with zero attached hydrogens (tertiary/aromatic N) is 1. The Balaban J connectivity index is 0.968. The van der Waals surface area contributed by atoms with Gasteiger partial charge in [0.05, 0.1) is 0 Å². The molecule has 12 aromatic rings. The molecule has 11 aromatic carbocycles. The van der Waals surface area contributed by atoms with E-state index in [-0.39, 0.29) is 0 Å². The Labute approximate surface area is 352 Å². The molecule has 60 heavy (non-hydrogen) atoms. The number of anilines is 3. The lowest BCUT2D eigenvalue weighted by atomic mass is 9.93. The summed E-state index contributed by atoms with van der Waals surface area (Å²) in [5.74, 6) is 0.